The highest BCUT2D eigenvalue weighted by atomic mass is 28.4. The summed E-state index contributed by atoms with van der Waals surface area (Å²) in [7, 11) is -0.687. The van der Waals surface area contributed by atoms with Gasteiger partial charge in [-0.2, -0.15) is 0 Å². The van der Waals surface area contributed by atoms with E-state index in [1.807, 2.05) is 66.7 Å². The predicted molar refractivity (Wildman–Crippen MR) is 183 cm³/mol. The number of methoxy groups -OCH3 is 1. The number of nitrogens with zero attached hydrogens (tertiary/aromatic N) is 1. The lowest BCUT2D eigenvalue weighted by molar-refractivity contribution is -0.156. The van der Waals surface area contributed by atoms with Crippen molar-refractivity contribution in [3.05, 3.63) is 77.9 Å². The third-order valence-electron chi connectivity index (χ3n) is 9.21. The number of ether oxygens (including phenoxy) is 4. The molecule has 2 heterocycles. The molecule has 252 valence electrons. The van der Waals surface area contributed by atoms with Crippen LogP contribution in [0.3, 0.4) is 0 Å². The molecule has 9 nitrogen and oxygen atoms in total. The SMILES string of the molecule is COc1ccc(-c2cc(OCc3ccccc3)c3c(c2)N(OC(C)=O)C[C@H]2OC(C)(C)O[C@H]2C(=O)[C@@H]3CO[Si](C)(C)C(C)(C)C)cc1. The molecule has 0 aliphatic carbocycles. The van der Waals surface area contributed by atoms with Crippen LogP contribution in [0.5, 0.6) is 11.5 Å². The number of benzene rings is 3. The van der Waals surface area contributed by atoms with E-state index in [0.29, 0.717) is 17.0 Å². The Kier molecular flexibility index (Phi) is 9.89. The first kappa shape index (κ1) is 34.6. The standard InChI is InChI=1S/C37H47NO8Si/c1-24(39)46-38-21-32-35(45-37(5,6)44-32)34(40)29(23-43-47(8,9)36(2,3)4)33-30(38)19-27(26-15-17-28(41-7)18-16-26)20-31(33)42-22-25-13-11-10-12-14-25/h10-20,29,32,35H,21-23H2,1-9H3/t29-,32-,35-/m1/s1. The summed E-state index contributed by atoms with van der Waals surface area (Å²) in [6.07, 6.45) is -1.61. The molecule has 5 rings (SSSR count). The van der Waals surface area contributed by atoms with Gasteiger partial charge in [0.05, 0.1) is 25.3 Å². The van der Waals surface area contributed by atoms with Crippen molar-refractivity contribution in [1.82, 2.24) is 0 Å². The molecular formula is C37H47NO8Si. The van der Waals surface area contributed by atoms with Crippen LogP contribution in [0.15, 0.2) is 66.7 Å². The molecule has 0 bridgehead atoms. The molecule has 2 aliphatic heterocycles. The number of hydrogen-bond acceptors (Lipinski definition) is 9. The lowest BCUT2D eigenvalue weighted by Gasteiger charge is -2.39. The fourth-order valence-electron chi connectivity index (χ4n) is 5.70. The number of ketones is 1. The maximum Gasteiger partial charge on any atom is 0.329 e. The highest BCUT2D eigenvalue weighted by Gasteiger charge is 2.51. The second-order valence-electron chi connectivity index (χ2n) is 14.2. The molecule has 3 aromatic rings. The van der Waals surface area contributed by atoms with Crippen LogP contribution in [0.4, 0.5) is 5.69 Å². The van der Waals surface area contributed by atoms with E-state index in [2.05, 4.69) is 33.9 Å². The molecular weight excluding hydrogens is 614 g/mol. The van der Waals surface area contributed by atoms with Crippen LogP contribution in [0.25, 0.3) is 11.1 Å². The van der Waals surface area contributed by atoms with Crippen LogP contribution >= 0.6 is 0 Å². The van der Waals surface area contributed by atoms with Gasteiger partial charge in [0.25, 0.3) is 0 Å². The maximum atomic E-state index is 14.7. The first-order valence-electron chi connectivity index (χ1n) is 16.1. The number of hydroxylamine groups is 1. The number of carbonyl (C=O) groups excluding carboxylic acids is 2. The summed E-state index contributed by atoms with van der Waals surface area (Å²) in [5, 5.41) is 1.43. The Morgan fingerprint density at radius 3 is 2.30 bits per heavy atom. The Hall–Kier alpha value is -3.70. The lowest BCUT2D eigenvalue weighted by Crippen LogP contribution is -2.48. The van der Waals surface area contributed by atoms with Crippen LogP contribution in [-0.4, -0.2) is 58.3 Å². The smallest absolute Gasteiger partial charge is 0.329 e. The average Bonchev–Trinajstić information content (AvgIpc) is 3.32. The highest BCUT2D eigenvalue weighted by Crippen LogP contribution is 2.47. The molecule has 0 unspecified atom stereocenters. The first-order chi connectivity index (χ1) is 22.1. The van der Waals surface area contributed by atoms with E-state index in [1.165, 1.54) is 12.0 Å². The zero-order valence-electron chi connectivity index (χ0n) is 28.9. The Morgan fingerprint density at radius 1 is 1.00 bits per heavy atom. The second kappa shape index (κ2) is 13.4. The van der Waals surface area contributed by atoms with E-state index >= 15 is 0 Å². The topological polar surface area (TPSA) is 92.8 Å². The van der Waals surface area contributed by atoms with Crippen molar-refractivity contribution < 1.29 is 37.8 Å². The summed E-state index contributed by atoms with van der Waals surface area (Å²) >= 11 is 0. The molecule has 1 saturated heterocycles. The fraction of sp³-hybridized carbons (Fsp3) is 0.459. The minimum atomic E-state index is -2.31. The molecule has 0 radical (unpaired) electrons. The molecule has 0 amide bonds. The number of Topliss-reactive ketones (excluding diaryl/α,β-unsaturated/α-hetero) is 1. The largest absolute Gasteiger partial charge is 0.497 e. The molecule has 3 aromatic carbocycles. The zero-order valence-corrected chi connectivity index (χ0v) is 29.9. The molecule has 0 aromatic heterocycles. The quantitative estimate of drug-likeness (QED) is 0.217. The first-order valence-corrected chi connectivity index (χ1v) is 19.0. The van der Waals surface area contributed by atoms with Crippen molar-refractivity contribution in [3.8, 4) is 22.6 Å². The molecule has 0 saturated carbocycles. The Morgan fingerprint density at radius 2 is 1.68 bits per heavy atom. The Bertz CT molecular complexity index is 1580. The van der Waals surface area contributed by atoms with E-state index in [9.17, 15) is 9.59 Å². The number of carbonyl (C=O) groups is 2. The average molecular weight is 662 g/mol. The van der Waals surface area contributed by atoms with Crippen LogP contribution in [0.2, 0.25) is 18.1 Å². The zero-order chi connectivity index (χ0) is 34.1. The van der Waals surface area contributed by atoms with Gasteiger partial charge in [0.15, 0.2) is 19.9 Å². The summed E-state index contributed by atoms with van der Waals surface area (Å²) in [6, 6.07) is 21.4. The molecule has 47 heavy (non-hydrogen) atoms. The molecule has 0 N–H and O–H groups in total. The van der Waals surface area contributed by atoms with Gasteiger partial charge in [-0.15, -0.1) is 0 Å². The number of anilines is 1. The predicted octanol–water partition coefficient (Wildman–Crippen LogP) is 7.43. The van der Waals surface area contributed by atoms with E-state index < -0.39 is 38.2 Å². The van der Waals surface area contributed by atoms with Crippen molar-refractivity contribution in [2.24, 2.45) is 0 Å². The Labute approximate surface area is 279 Å². The molecule has 3 atom stereocenters. The van der Waals surface area contributed by atoms with Crippen molar-refractivity contribution in [2.45, 2.75) is 90.2 Å². The van der Waals surface area contributed by atoms with E-state index in [4.69, 9.17) is 28.2 Å². The van der Waals surface area contributed by atoms with Gasteiger partial charge in [0, 0.05) is 19.1 Å². The van der Waals surface area contributed by atoms with Crippen molar-refractivity contribution >= 4 is 25.8 Å². The van der Waals surface area contributed by atoms with Gasteiger partial charge in [-0.1, -0.05) is 63.2 Å². The lowest BCUT2D eigenvalue weighted by atomic mass is 9.85. The molecule has 10 heteroatoms. The molecule has 0 spiro atoms. The van der Waals surface area contributed by atoms with Gasteiger partial charge >= 0.3 is 5.97 Å². The maximum absolute atomic E-state index is 14.7. The van der Waals surface area contributed by atoms with Crippen LogP contribution in [0.1, 0.15) is 58.6 Å². The summed E-state index contributed by atoms with van der Waals surface area (Å²) in [5.41, 5.74) is 3.77. The minimum absolute atomic E-state index is 0.0758. The van der Waals surface area contributed by atoms with Crippen molar-refractivity contribution in [2.75, 3.05) is 25.3 Å². The van der Waals surface area contributed by atoms with Crippen LogP contribution < -0.4 is 14.5 Å². The second-order valence-corrected chi connectivity index (χ2v) is 19.0. The van der Waals surface area contributed by atoms with Gasteiger partial charge in [-0.25, -0.2) is 5.06 Å². The number of hydrogen-bond donors (Lipinski definition) is 0. The van der Waals surface area contributed by atoms with Crippen LogP contribution in [0, 0.1) is 0 Å². The van der Waals surface area contributed by atoms with E-state index in [0.717, 1.165) is 22.4 Å². The normalized spacial score (nSPS) is 20.9. The van der Waals surface area contributed by atoms with Crippen LogP contribution in [-0.2, 0) is 34.9 Å². The third kappa shape index (κ3) is 7.72. The monoisotopic (exact) mass is 661 g/mol. The summed E-state index contributed by atoms with van der Waals surface area (Å²) in [4.78, 5) is 33.2. The third-order valence-corrected chi connectivity index (χ3v) is 13.7. The van der Waals surface area contributed by atoms with Gasteiger partial charge in [0.1, 0.15) is 30.3 Å². The number of rotatable bonds is 9. The van der Waals surface area contributed by atoms with Crippen molar-refractivity contribution in [1.29, 1.82) is 0 Å². The highest BCUT2D eigenvalue weighted by molar-refractivity contribution is 6.74. The Balaban J connectivity index is 1.73. The fourth-order valence-corrected chi connectivity index (χ4v) is 6.72. The van der Waals surface area contributed by atoms with Gasteiger partial charge in [-0.3, -0.25) is 9.59 Å². The number of fused-ring (bicyclic) bond motifs is 2. The summed E-state index contributed by atoms with van der Waals surface area (Å²) < 4.78 is 31.3. The van der Waals surface area contributed by atoms with E-state index in [-0.39, 0.29) is 30.6 Å². The van der Waals surface area contributed by atoms with Crippen molar-refractivity contribution in [3.63, 3.8) is 0 Å². The molecule has 2 aliphatic rings. The summed E-state index contributed by atoms with van der Waals surface area (Å²) in [5.74, 6) is -1.28. The molecule has 1 fully saturated rings. The van der Waals surface area contributed by atoms with Gasteiger partial charge < -0.3 is 28.2 Å². The minimum Gasteiger partial charge on any atom is -0.497 e. The summed E-state index contributed by atoms with van der Waals surface area (Å²) in [6.45, 7) is 16.2. The van der Waals surface area contributed by atoms with Gasteiger partial charge in [-0.05, 0) is 72.9 Å². The van der Waals surface area contributed by atoms with Gasteiger partial charge in [0.2, 0.25) is 0 Å². The van der Waals surface area contributed by atoms with E-state index in [1.54, 1.807) is 21.0 Å².